The van der Waals surface area contributed by atoms with E-state index in [0.717, 1.165) is 26.0 Å². The van der Waals surface area contributed by atoms with Gasteiger partial charge in [-0.15, -0.1) is 0 Å². The van der Waals surface area contributed by atoms with Gasteiger partial charge < -0.3 is 20.1 Å². The molecular formula is C22H23N3O6. The number of hydrogen-bond acceptors (Lipinski definition) is 7. The summed E-state index contributed by atoms with van der Waals surface area (Å²) in [4.78, 5) is 29.9. The van der Waals surface area contributed by atoms with Gasteiger partial charge >= 0.3 is 5.69 Å². The fourth-order valence-electron chi connectivity index (χ4n) is 3.76. The molecule has 0 saturated carbocycles. The third-order valence-corrected chi connectivity index (χ3v) is 5.32. The first kappa shape index (κ1) is 21.1. The summed E-state index contributed by atoms with van der Waals surface area (Å²) in [5, 5.41) is 29.5. The van der Waals surface area contributed by atoms with Gasteiger partial charge in [0, 0.05) is 18.0 Å². The first-order valence-electron chi connectivity index (χ1n) is 9.86. The van der Waals surface area contributed by atoms with Crippen LogP contribution in [-0.4, -0.2) is 54.4 Å². The number of aliphatic hydroxyl groups is 3. The van der Waals surface area contributed by atoms with Gasteiger partial charge in [0.1, 0.15) is 18.3 Å². The second kappa shape index (κ2) is 8.56. The summed E-state index contributed by atoms with van der Waals surface area (Å²) in [5.41, 5.74) is 1.92. The van der Waals surface area contributed by atoms with Gasteiger partial charge in [0.05, 0.1) is 18.8 Å². The zero-order valence-corrected chi connectivity index (χ0v) is 16.8. The maximum atomic E-state index is 13.0. The largest absolute Gasteiger partial charge is 0.394 e. The van der Waals surface area contributed by atoms with Gasteiger partial charge in [0.15, 0.2) is 6.23 Å². The predicted molar refractivity (Wildman–Crippen MR) is 111 cm³/mol. The fourth-order valence-corrected chi connectivity index (χ4v) is 3.76. The van der Waals surface area contributed by atoms with E-state index in [2.05, 4.69) is 4.98 Å². The van der Waals surface area contributed by atoms with E-state index >= 15 is 0 Å². The van der Waals surface area contributed by atoms with Crippen molar-refractivity contribution in [2.45, 2.75) is 38.0 Å². The monoisotopic (exact) mass is 425 g/mol. The number of aromatic nitrogens is 3. The average molecular weight is 425 g/mol. The molecule has 0 amide bonds. The summed E-state index contributed by atoms with van der Waals surface area (Å²) >= 11 is 0. The first-order valence-corrected chi connectivity index (χ1v) is 9.86. The second-order valence-electron chi connectivity index (χ2n) is 7.51. The van der Waals surface area contributed by atoms with Crippen LogP contribution in [0.5, 0.6) is 0 Å². The van der Waals surface area contributed by atoms with Crippen LogP contribution in [0, 0.1) is 6.92 Å². The molecule has 4 rings (SSSR count). The van der Waals surface area contributed by atoms with Crippen molar-refractivity contribution in [3.63, 3.8) is 0 Å². The lowest BCUT2D eigenvalue weighted by Crippen LogP contribution is -2.43. The molecule has 0 spiro atoms. The summed E-state index contributed by atoms with van der Waals surface area (Å²) in [6, 6.07) is 14.6. The molecule has 162 valence electrons. The van der Waals surface area contributed by atoms with Crippen molar-refractivity contribution in [3.8, 4) is 11.1 Å². The summed E-state index contributed by atoms with van der Waals surface area (Å²) in [5.74, 6) is 0. The lowest BCUT2D eigenvalue weighted by atomic mass is 10.0. The van der Waals surface area contributed by atoms with Gasteiger partial charge in [-0.05, 0) is 30.2 Å². The Morgan fingerprint density at radius 3 is 2.45 bits per heavy atom. The molecule has 3 heterocycles. The van der Waals surface area contributed by atoms with Gasteiger partial charge in [-0.1, -0.05) is 30.3 Å². The lowest BCUT2D eigenvalue weighted by molar-refractivity contribution is -0.0555. The smallest absolute Gasteiger partial charge is 0.333 e. The van der Waals surface area contributed by atoms with Gasteiger partial charge in [-0.25, -0.2) is 4.79 Å². The molecule has 1 saturated heterocycles. The number of benzene rings is 1. The van der Waals surface area contributed by atoms with Gasteiger partial charge in [-0.2, -0.15) is 0 Å². The van der Waals surface area contributed by atoms with Crippen molar-refractivity contribution in [2.24, 2.45) is 0 Å². The van der Waals surface area contributed by atoms with Crippen molar-refractivity contribution in [1.82, 2.24) is 14.1 Å². The van der Waals surface area contributed by atoms with E-state index in [1.165, 1.54) is 12.3 Å². The lowest BCUT2D eigenvalue weighted by Gasteiger charge is -2.18. The quantitative estimate of drug-likeness (QED) is 0.527. The Balaban J connectivity index is 1.71. The third kappa shape index (κ3) is 4.08. The minimum Gasteiger partial charge on any atom is -0.394 e. The van der Waals surface area contributed by atoms with E-state index in [0.29, 0.717) is 5.69 Å². The van der Waals surface area contributed by atoms with Crippen LogP contribution in [0.1, 0.15) is 17.6 Å². The van der Waals surface area contributed by atoms with Crippen LogP contribution < -0.4 is 11.2 Å². The van der Waals surface area contributed by atoms with Crippen molar-refractivity contribution >= 4 is 0 Å². The molecule has 31 heavy (non-hydrogen) atoms. The minimum absolute atomic E-state index is 0.0746. The molecule has 2 aromatic heterocycles. The van der Waals surface area contributed by atoms with Gasteiger partial charge in [-0.3, -0.25) is 18.9 Å². The van der Waals surface area contributed by atoms with E-state index < -0.39 is 42.4 Å². The number of nitrogens with zero attached hydrogens (tertiary/aromatic N) is 3. The Hall–Kier alpha value is -3.11. The van der Waals surface area contributed by atoms with Crippen LogP contribution in [0.4, 0.5) is 0 Å². The minimum atomic E-state index is -1.43. The second-order valence-corrected chi connectivity index (χ2v) is 7.51. The van der Waals surface area contributed by atoms with Crippen molar-refractivity contribution in [3.05, 3.63) is 87.0 Å². The molecule has 0 radical (unpaired) electrons. The molecule has 0 bridgehead atoms. The van der Waals surface area contributed by atoms with E-state index in [4.69, 9.17) is 4.74 Å². The van der Waals surface area contributed by atoms with Crippen LogP contribution in [0.15, 0.2) is 64.3 Å². The zero-order chi connectivity index (χ0) is 22.1. The molecule has 2 unspecified atom stereocenters. The van der Waals surface area contributed by atoms with E-state index in [1.54, 1.807) is 0 Å². The van der Waals surface area contributed by atoms with Crippen LogP contribution in [0.25, 0.3) is 11.1 Å². The number of ether oxygens (including phenoxy) is 1. The molecule has 3 N–H and O–H groups in total. The number of rotatable bonds is 5. The number of aliphatic hydroxyl groups excluding tert-OH is 3. The Morgan fingerprint density at radius 1 is 1.03 bits per heavy atom. The number of pyridine rings is 1. The Kier molecular flexibility index (Phi) is 5.84. The molecule has 1 aliphatic heterocycles. The third-order valence-electron chi connectivity index (χ3n) is 5.32. The van der Waals surface area contributed by atoms with Gasteiger partial charge in [0.25, 0.3) is 5.56 Å². The molecule has 1 aliphatic rings. The topological polar surface area (TPSA) is 127 Å². The summed E-state index contributed by atoms with van der Waals surface area (Å²) < 4.78 is 7.46. The Labute approximate surface area is 177 Å². The van der Waals surface area contributed by atoms with Crippen molar-refractivity contribution in [1.29, 1.82) is 0 Å². The number of hydrogen-bond donors (Lipinski definition) is 3. The Morgan fingerprint density at radius 2 is 1.77 bits per heavy atom. The van der Waals surface area contributed by atoms with Crippen molar-refractivity contribution < 1.29 is 20.1 Å². The molecule has 4 atom stereocenters. The molecular weight excluding hydrogens is 402 g/mol. The van der Waals surface area contributed by atoms with E-state index in [1.807, 2.05) is 49.4 Å². The van der Waals surface area contributed by atoms with Crippen molar-refractivity contribution in [2.75, 3.05) is 6.61 Å². The molecule has 3 aromatic rings. The maximum absolute atomic E-state index is 13.0. The first-order chi connectivity index (χ1) is 14.9. The summed E-state index contributed by atoms with van der Waals surface area (Å²) in [7, 11) is 0. The predicted octanol–water partition coefficient (Wildman–Crippen LogP) is 0.0402. The number of aryl methyl sites for hydroxylation is 1. The van der Waals surface area contributed by atoms with Crippen LogP contribution in [0.3, 0.4) is 0 Å². The normalized spacial score (nSPS) is 23.2. The van der Waals surface area contributed by atoms with Gasteiger partial charge in [0.2, 0.25) is 0 Å². The molecule has 9 heteroatoms. The van der Waals surface area contributed by atoms with Crippen LogP contribution in [0.2, 0.25) is 0 Å². The zero-order valence-electron chi connectivity index (χ0n) is 16.8. The fraction of sp³-hybridized carbons (Fsp3) is 0.318. The van der Waals surface area contributed by atoms with Crippen LogP contribution >= 0.6 is 0 Å². The highest BCUT2D eigenvalue weighted by Gasteiger charge is 2.43. The Bertz CT molecular complexity index is 1190. The van der Waals surface area contributed by atoms with E-state index in [9.17, 15) is 24.9 Å². The van der Waals surface area contributed by atoms with E-state index in [-0.39, 0.29) is 6.54 Å². The molecule has 1 aromatic carbocycles. The average Bonchev–Trinajstić information content (AvgIpc) is 3.05. The standard InChI is InChI=1S/C22H23N3O6/c1-13-9-15(14-5-3-2-4-6-14)10-16(23-13)11-25-18(27)7-8-24(22(25)30)21-20(29)19(28)17(12-26)31-21/h2-10,17,19-21,26,28-29H,11-12H2,1H3/t17-,19?,20?,21-/m1/s1. The highest BCUT2D eigenvalue weighted by molar-refractivity contribution is 5.63. The molecule has 9 nitrogen and oxygen atoms in total. The molecule has 1 fully saturated rings. The summed E-state index contributed by atoms with van der Waals surface area (Å²) in [6.07, 6.45) is -3.83. The molecule has 0 aliphatic carbocycles. The summed E-state index contributed by atoms with van der Waals surface area (Å²) in [6.45, 7) is 1.24. The highest BCUT2D eigenvalue weighted by atomic mass is 16.6. The maximum Gasteiger partial charge on any atom is 0.333 e. The highest BCUT2D eigenvalue weighted by Crippen LogP contribution is 2.28. The van der Waals surface area contributed by atoms with Crippen LogP contribution in [-0.2, 0) is 11.3 Å². The SMILES string of the molecule is Cc1cc(-c2ccccc2)cc(Cn2c(=O)ccn([C@@H]3O[C@H](CO)C(O)C3O)c2=O)n1.